The van der Waals surface area contributed by atoms with Gasteiger partial charge in [0, 0.05) is 24.1 Å². The summed E-state index contributed by atoms with van der Waals surface area (Å²) in [5, 5.41) is 4.97. The van der Waals surface area contributed by atoms with Crippen LogP contribution in [0.25, 0.3) is 0 Å². The summed E-state index contributed by atoms with van der Waals surface area (Å²) in [7, 11) is 4.31. The number of para-hydroxylation sites is 1. The number of hydrogen-bond donors (Lipinski definition) is 4. The highest BCUT2D eigenvalue weighted by Gasteiger charge is 2.18. The molecule has 2 aromatic rings. The van der Waals surface area contributed by atoms with E-state index in [4.69, 9.17) is 26.4 Å². The maximum atomic E-state index is 12.5. The van der Waals surface area contributed by atoms with Gasteiger partial charge < -0.3 is 19.5 Å². The lowest BCUT2D eigenvalue weighted by Crippen LogP contribution is -2.48. The molecule has 0 aliphatic carbocycles. The van der Waals surface area contributed by atoms with Crippen LogP contribution in [0.1, 0.15) is 23.2 Å². The highest BCUT2D eigenvalue weighted by Crippen LogP contribution is 2.38. The van der Waals surface area contributed by atoms with Crippen LogP contribution in [-0.4, -0.2) is 44.2 Å². The number of hydrazine groups is 1. The number of thiocarbonyl (C=S) groups is 1. The molecule has 170 valence electrons. The van der Waals surface area contributed by atoms with Crippen LogP contribution in [0.15, 0.2) is 42.5 Å². The minimum atomic E-state index is -0.557. The average molecular weight is 461 g/mol. The van der Waals surface area contributed by atoms with Gasteiger partial charge in [-0.2, -0.15) is 0 Å². The second kappa shape index (κ2) is 12.1. The Morgan fingerprint density at radius 1 is 0.844 bits per heavy atom. The predicted octanol–water partition coefficient (Wildman–Crippen LogP) is 1.77. The van der Waals surface area contributed by atoms with Crippen molar-refractivity contribution in [3.05, 3.63) is 48.0 Å². The Morgan fingerprint density at radius 2 is 1.44 bits per heavy atom. The molecular formula is C21H24N4O6S. The van der Waals surface area contributed by atoms with E-state index < -0.39 is 11.8 Å². The number of ether oxygens (including phenoxy) is 3. The molecule has 0 atom stereocenters. The van der Waals surface area contributed by atoms with Crippen LogP contribution in [0.5, 0.6) is 17.2 Å². The lowest BCUT2D eigenvalue weighted by atomic mass is 10.1. The van der Waals surface area contributed by atoms with Gasteiger partial charge in [0.15, 0.2) is 16.6 Å². The van der Waals surface area contributed by atoms with Gasteiger partial charge in [0.2, 0.25) is 17.6 Å². The van der Waals surface area contributed by atoms with E-state index in [1.807, 2.05) is 6.07 Å². The van der Waals surface area contributed by atoms with Gasteiger partial charge in [0.1, 0.15) is 0 Å². The summed E-state index contributed by atoms with van der Waals surface area (Å²) in [5.41, 5.74) is 5.59. The minimum absolute atomic E-state index is 0.0209. The van der Waals surface area contributed by atoms with E-state index in [0.717, 1.165) is 0 Å². The maximum Gasteiger partial charge on any atom is 0.257 e. The third-order valence-electron chi connectivity index (χ3n) is 4.11. The molecule has 3 amide bonds. The van der Waals surface area contributed by atoms with Crippen molar-refractivity contribution >= 4 is 40.7 Å². The number of carbonyl (C=O) groups excluding carboxylic acids is 3. The number of carbonyl (C=O) groups is 3. The number of anilines is 1. The van der Waals surface area contributed by atoms with Gasteiger partial charge >= 0.3 is 0 Å². The van der Waals surface area contributed by atoms with Crippen LogP contribution in [0.2, 0.25) is 0 Å². The van der Waals surface area contributed by atoms with E-state index in [0.29, 0.717) is 22.9 Å². The van der Waals surface area contributed by atoms with Gasteiger partial charge in [0.05, 0.1) is 21.3 Å². The van der Waals surface area contributed by atoms with Crippen molar-refractivity contribution < 1.29 is 28.6 Å². The van der Waals surface area contributed by atoms with Crippen molar-refractivity contribution in [1.29, 1.82) is 0 Å². The molecule has 0 bridgehead atoms. The first kappa shape index (κ1) is 24.4. The molecule has 4 N–H and O–H groups in total. The molecule has 10 nitrogen and oxygen atoms in total. The quantitative estimate of drug-likeness (QED) is 0.347. The fourth-order valence-electron chi connectivity index (χ4n) is 2.58. The van der Waals surface area contributed by atoms with Gasteiger partial charge in [-0.05, 0) is 36.5 Å². The third-order valence-corrected chi connectivity index (χ3v) is 4.31. The normalized spacial score (nSPS) is 9.84. The second-order valence-corrected chi connectivity index (χ2v) is 6.69. The van der Waals surface area contributed by atoms with E-state index in [1.165, 1.54) is 33.5 Å². The highest BCUT2D eigenvalue weighted by molar-refractivity contribution is 7.80. The molecule has 0 spiro atoms. The van der Waals surface area contributed by atoms with Gasteiger partial charge in [0.25, 0.3) is 5.91 Å². The number of methoxy groups -OCH3 is 3. The topological polar surface area (TPSA) is 127 Å². The molecule has 0 aromatic heterocycles. The lowest BCUT2D eigenvalue weighted by molar-refractivity contribution is -0.124. The van der Waals surface area contributed by atoms with Crippen molar-refractivity contribution in [2.45, 2.75) is 12.8 Å². The van der Waals surface area contributed by atoms with Crippen molar-refractivity contribution in [3.63, 3.8) is 0 Å². The Kier molecular flexibility index (Phi) is 9.23. The summed E-state index contributed by atoms with van der Waals surface area (Å²) < 4.78 is 15.6. The molecule has 0 saturated carbocycles. The molecular weight excluding hydrogens is 436 g/mol. The largest absolute Gasteiger partial charge is 0.493 e. The molecule has 2 aromatic carbocycles. The third kappa shape index (κ3) is 7.13. The number of amides is 3. The summed E-state index contributed by atoms with van der Waals surface area (Å²) >= 11 is 5.02. The van der Waals surface area contributed by atoms with Gasteiger partial charge in [-0.25, -0.2) is 0 Å². The standard InChI is InChI=1S/C21H24N4O6S/c1-29-15-11-13(12-16(30-2)19(15)31-3)20(28)23-21(32)25-24-18(27)10-9-17(26)22-14-7-5-4-6-8-14/h4-8,11-12H,9-10H2,1-3H3,(H,22,26)(H,24,27)(H2,23,25,28,32). The highest BCUT2D eigenvalue weighted by atomic mass is 32.1. The van der Waals surface area contributed by atoms with Crippen LogP contribution in [0.4, 0.5) is 5.69 Å². The molecule has 2 rings (SSSR count). The zero-order valence-electron chi connectivity index (χ0n) is 17.8. The first-order chi connectivity index (χ1) is 15.4. The van der Waals surface area contributed by atoms with E-state index in [1.54, 1.807) is 24.3 Å². The van der Waals surface area contributed by atoms with Crippen molar-refractivity contribution in [2.75, 3.05) is 26.6 Å². The zero-order valence-corrected chi connectivity index (χ0v) is 18.6. The van der Waals surface area contributed by atoms with Crippen LogP contribution in [-0.2, 0) is 9.59 Å². The molecule has 0 saturated heterocycles. The molecule has 11 heteroatoms. The summed E-state index contributed by atoms with van der Waals surface area (Å²) in [6.45, 7) is 0. The molecule has 0 unspecified atom stereocenters. The lowest BCUT2D eigenvalue weighted by Gasteiger charge is -2.15. The minimum Gasteiger partial charge on any atom is -0.493 e. The van der Waals surface area contributed by atoms with E-state index in [-0.39, 0.29) is 29.4 Å². The van der Waals surface area contributed by atoms with Crippen LogP contribution >= 0.6 is 12.2 Å². The van der Waals surface area contributed by atoms with Crippen LogP contribution < -0.4 is 35.7 Å². The molecule has 0 aliphatic heterocycles. The van der Waals surface area contributed by atoms with E-state index in [9.17, 15) is 14.4 Å². The van der Waals surface area contributed by atoms with Crippen LogP contribution in [0, 0.1) is 0 Å². The Labute approximate surface area is 190 Å². The van der Waals surface area contributed by atoms with Gasteiger partial charge in [-0.1, -0.05) is 18.2 Å². The number of benzene rings is 2. The summed E-state index contributed by atoms with van der Waals surface area (Å²) in [6.07, 6.45) is -0.0952. The first-order valence-corrected chi connectivity index (χ1v) is 9.83. The Morgan fingerprint density at radius 3 is 2.00 bits per heavy atom. The monoisotopic (exact) mass is 460 g/mol. The van der Waals surface area contributed by atoms with Crippen molar-refractivity contribution in [2.24, 2.45) is 0 Å². The molecule has 32 heavy (non-hydrogen) atoms. The fourth-order valence-corrected chi connectivity index (χ4v) is 2.72. The van der Waals surface area contributed by atoms with Gasteiger partial charge in [-0.3, -0.25) is 30.6 Å². The molecule has 0 heterocycles. The number of rotatable bonds is 8. The van der Waals surface area contributed by atoms with Crippen molar-refractivity contribution in [3.8, 4) is 17.2 Å². The average Bonchev–Trinajstić information content (AvgIpc) is 2.80. The summed E-state index contributed by atoms with van der Waals surface area (Å²) in [5.74, 6) is -0.382. The van der Waals surface area contributed by atoms with Crippen molar-refractivity contribution in [1.82, 2.24) is 16.2 Å². The van der Waals surface area contributed by atoms with Crippen LogP contribution in [0.3, 0.4) is 0 Å². The number of nitrogens with one attached hydrogen (secondary N) is 4. The first-order valence-electron chi connectivity index (χ1n) is 9.43. The zero-order chi connectivity index (χ0) is 23.5. The Bertz CT molecular complexity index is 959. The second-order valence-electron chi connectivity index (χ2n) is 6.28. The Balaban J connectivity index is 1.81. The fraction of sp³-hybridized carbons (Fsp3) is 0.238. The SMILES string of the molecule is COc1cc(C(=O)NC(=S)NNC(=O)CCC(=O)Nc2ccccc2)cc(OC)c1OC. The summed E-state index contributed by atoms with van der Waals surface area (Å²) in [4.78, 5) is 36.3. The summed E-state index contributed by atoms with van der Waals surface area (Å²) in [6, 6.07) is 11.8. The Hall–Kier alpha value is -3.86. The maximum absolute atomic E-state index is 12.5. The molecule has 0 radical (unpaired) electrons. The predicted molar refractivity (Wildman–Crippen MR) is 122 cm³/mol. The molecule has 0 aliphatic rings. The smallest absolute Gasteiger partial charge is 0.257 e. The van der Waals surface area contributed by atoms with E-state index >= 15 is 0 Å². The van der Waals surface area contributed by atoms with Gasteiger partial charge in [-0.15, -0.1) is 0 Å². The van der Waals surface area contributed by atoms with E-state index in [2.05, 4.69) is 21.5 Å². The molecule has 0 fully saturated rings. The number of hydrogen-bond acceptors (Lipinski definition) is 7.